The van der Waals surface area contributed by atoms with E-state index in [1.807, 2.05) is 0 Å². The Bertz CT molecular complexity index is 725. The molecule has 1 aliphatic heterocycles. The zero-order valence-corrected chi connectivity index (χ0v) is 19.3. The highest BCUT2D eigenvalue weighted by Crippen LogP contribution is 2.37. The van der Waals surface area contributed by atoms with E-state index in [0.29, 0.717) is 29.7 Å². The summed E-state index contributed by atoms with van der Waals surface area (Å²) in [5.74, 6) is 0.533. The predicted octanol–water partition coefficient (Wildman–Crippen LogP) is 4.05. The van der Waals surface area contributed by atoms with Crippen molar-refractivity contribution in [2.75, 3.05) is 27.1 Å². The molecule has 28 heavy (non-hydrogen) atoms. The van der Waals surface area contributed by atoms with Crippen LogP contribution in [0.2, 0.25) is 25.7 Å². The molecule has 0 unspecified atom stereocenters. The topological polar surface area (TPSA) is 91.1 Å². The minimum absolute atomic E-state index is 0.0429. The Balaban J connectivity index is 1.98. The Hall–Kier alpha value is -1.65. The predicted molar refractivity (Wildman–Crippen MR) is 112 cm³/mol. The standard InChI is InChI=1S/C18H27BrN2O6Si/c1-25-17-9-14(19)16(10-15(17)21(23)24)27-11-13-5-6-18(22)20(13)12-26-7-8-28(2,3)4/h9-10,13H,5-8,11-12H2,1-4H3/t13-/m1/s1. The Morgan fingerprint density at radius 3 is 2.64 bits per heavy atom. The second kappa shape index (κ2) is 9.70. The van der Waals surface area contributed by atoms with E-state index in [0.717, 1.165) is 6.04 Å². The molecule has 1 fully saturated rings. The van der Waals surface area contributed by atoms with Crippen LogP contribution in [0, 0.1) is 10.1 Å². The molecule has 1 aromatic rings. The number of carbonyl (C=O) groups excluding carboxylic acids is 1. The third-order valence-electron chi connectivity index (χ3n) is 4.54. The van der Waals surface area contributed by atoms with Crippen LogP contribution < -0.4 is 9.47 Å². The molecule has 10 heteroatoms. The van der Waals surface area contributed by atoms with Crippen LogP contribution in [-0.4, -0.2) is 56.9 Å². The average Bonchev–Trinajstić information content (AvgIpc) is 2.96. The number of likely N-dealkylation sites (tertiary alicyclic amines) is 1. The van der Waals surface area contributed by atoms with Crippen LogP contribution in [0.4, 0.5) is 5.69 Å². The molecule has 0 aromatic heterocycles. The van der Waals surface area contributed by atoms with Crippen molar-refractivity contribution < 1.29 is 23.9 Å². The number of nitrogens with zero attached hydrogens (tertiary/aromatic N) is 2. The first-order valence-corrected chi connectivity index (χ1v) is 13.6. The second-order valence-electron chi connectivity index (χ2n) is 7.93. The highest BCUT2D eigenvalue weighted by molar-refractivity contribution is 9.10. The van der Waals surface area contributed by atoms with Gasteiger partial charge in [0.1, 0.15) is 19.1 Å². The van der Waals surface area contributed by atoms with Gasteiger partial charge in [-0.25, -0.2) is 0 Å². The smallest absolute Gasteiger partial charge is 0.314 e. The largest absolute Gasteiger partial charge is 0.490 e. The van der Waals surface area contributed by atoms with Crippen LogP contribution >= 0.6 is 15.9 Å². The summed E-state index contributed by atoms with van der Waals surface area (Å²) in [5.41, 5.74) is -0.172. The van der Waals surface area contributed by atoms with Gasteiger partial charge in [-0.05, 0) is 28.4 Å². The Labute approximate surface area is 174 Å². The van der Waals surface area contributed by atoms with E-state index in [4.69, 9.17) is 14.2 Å². The van der Waals surface area contributed by atoms with Gasteiger partial charge < -0.3 is 19.1 Å². The van der Waals surface area contributed by atoms with E-state index < -0.39 is 13.0 Å². The molecule has 1 aliphatic rings. The molecule has 8 nitrogen and oxygen atoms in total. The highest BCUT2D eigenvalue weighted by Gasteiger charge is 2.32. The third-order valence-corrected chi connectivity index (χ3v) is 6.86. The molecular weight excluding hydrogens is 448 g/mol. The molecule has 1 amide bonds. The summed E-state index contributed by atoms with van der Waals surface area (Å²) < 4.78 is 17.1. The molecule has 0 N–H and O–H groups in total. The molecule has 156 valence electrons. The maximum absolute atomic E-state index is 12.2. The monoisotopic (exact) mass is 474 g/mol. The number of benzene rings is 1. The minimum Gasteiger partial charge on any atom is -0.490 e. The van der Waals surface area contributed by atoms with Gasteiger partial charge in [-0.3, -0.25) is 14.9 Å². The van der Waals surface area contributed by atoms with Gasteiger partial charge in [0.2, 0.25) is 5.91 Å². The van der Waals surface area contributed by atoms with Crippen LogP contribution in [-0.2, 0) is 9.53 Å². The first kappa shape index (κ1) is 22.6. The quantitative estimate of drug-likeness (QED) is 0.220. The third kappa shape index (κ3) is 6.18. The number of carbonyl (C=O) groups is 1. The van der Waals surface area contributed by atoms with E-state index in [1.54, 1.807) is 4.90 Å². The van der Waals surface area contributed by atoms with Crippen molar-refractivity contribution in [3.63, 3.8) is 0 Å². The second-order valence-corrected chi connectivity index (χ2v) is 14.4. The van der Waals surface area contributed by atoms with Crippen LogP contribution in [0.15, 0.2) is 16.6 Å². The molecule has 0 bridgehead atoms. The summed E-state index contributed by atoms with van der Waals surface area (Å²) in [4.78, 5) is 24.5. The van der Waals surface area contributed by atoms with Gasteiger partial charge in [-0.2, -0.15) is 0 Å². The molecule has 1 aromatic carbocycles. The van der Waals surface area contributed by atoms with Crippen molar-refractivity contribution >= 4 is 35.6 Å². The molecule has 0 saturated carbocycles. The Kier molecular flexibility index (Phi) is 7.85. The molecule has 0 spiro atoms. The fraction of sp³-hybridized carbons (Fsp3) is 0.611. The number of hydrogen-bond acceptors (Lipinski definition) is 6. The maximum atomic E-state index is 12.2. The zero-order chi connectivity index (χ0) is 20.9. The van der Waals surface area contributed by atoms with Crippen molar-refractivity contribution in [1.29, 1.82) is 0 Å². The zero-order valence-electron chi connectivity index (χ0n) is 16.7. The molecule has 1 atom stereocenters. The maximum Gasteiger partial charge on any atom is 0.314 e. The van der Waals surface area contributed by atoms with Gasteiger partial charge in [-0.15, -0.1) is 0 Å². The number of nitro groups is 1. The summed E-state index contributed by atoms with van der Waals surface area (Å²) in [6.45, 7) is 7.97. The van der Waals surface area contributed by atoms with Crippen molar-refractivity contribution in [2.45, 2.75) is 44.6 Å². The van der Waals surface area contributed by atoms with Crippen LogP contribution in [0.1, 0.15) is 12.8 Å². The van der Waals surface area contributed by atoms with E-state index in [9.17, 15) is 14.9 Å². The number of halogens is 1. The van der Waals surface area contributed by atoms with E-state index in [1.165, 1.54) is 19.2 Å². The van der Waals surface area contributed by atoms with Crippen LogP contribution in [0.5, 0.6) is 11.5 Å². The van der Waals surface area contributed by atoms with Gasteiger partial charge in [-0.1, -0.05) is 19.6 Å². The van der Waals surface area contributed by atoms with Crippen LogP contribution in [0.25, 0.3) is 0 Å². The molecule has 1 saturated heterocycles. The normalized spacial score (nSPS) is 17.1. The first-order valence-electron chi connectivity index (χ1n) is 9.14. The van der Waals surface area contributed by atoms with Crippen molar-refractivity contribution in [3.05, 3.63) is 26.7 Å². The Morgan fingerprint density at radius 1 is 1.32 bits per heavy atom. The lowest BCUT2D eigenvalue weighted by atomic mass is 10.2. The summed E-state index contributed by atoms with van der Waals surface area (Å²) in [5, 5.41) is 11.2. The van der Waals surface area contributed by atoms with E-state index in [2.05, 4.69) is 35.6 Å². The number of amides is 1. The van der Waals surface area contributed by atoms with E-state index in [-0.39, 0.29) is 36.7 Å². The first-order chi connectivity index (χ1) is 13.1. The summed E-state index contributed by atoms with van der Waals surface area (Å²) in [6, 6.07) is 3.75. The number of nitro benzene ring substituents is 1. The lowest BCUT2D eigenvalue weighted by Gasteiger charge is -2.25. The number of hydrogen-bond donors (Lipinski definition) is 0. The van der Waals surface area contributed by atoms with Gasteiger partial charge >= 0.3 is 5.69 Å². The lowest BCUT2D eigenvalue weighted by molar-refractivity contribution is -0.385. The SMILES string of the molecule is COc1cc(Br)c(OC[C@H]2CCC(=O)N2COCC[Si](C)(C)C)cc1[N+](=O)[O-]. The van der Waals surface area contributed by atoms with Gasteiger partial charge in [0, 0.05) is 27.2 Å². The average molecular weight is 475 g/mol. The van der Waals surface area contributed by atoms with Crippen molar-refractivity contribution in [1.82, 2.24) is 4.90 Å². The van der Waals surface area contributed by atoms with Gasteiger partial charge in [0.15, 0.2) is 5.75 Å². The molecular formula is C18H27BrN2O6Si. The minimum atomic E-state index is -1.18. The van der Waals surface area contributed by atoms with Crippen molar-refractivity contribution in [2.24, 2.45) is 0 Å². The van der Waals surface area contributed by atoms with Gasteiger partial charge in [0.25, 0.3) is 0 Å². The molecule has 1 heterocycles. The Morgan fingerprint density at radius 2 is 2.04 bits per heavy atom. The fourth-order valence-corrected chi connectivity index (χ4v) is 4.01. The highest BCUT2D eigenvalue weighted by atomic mass is 79.9. The van der Waals surface area contributed by atoms with Crippen LogP contribution in [0.3, 0.4) is 0 Å². The molecule has 0 aliphatic carbocycles. The van der Waals surface area contributed by atoms with Gasteiger partial charge in [0.05, 0.1) is 28.6 Å². The summed E-state index contributed by atoms with van der Waals surface area (Å²) in [7, 11) is 0.195. The number of ether oxygens (including phenoxy) is 3. The fourth-order valence-electron chi connectivity index (χ4n) is 2.81. The molecule has 0 radical (unpaired) electrons. The summed E-state index contributed by atoms with van der Waals surface area (Å²) >= 11 is 3.35. The van der Waals surface area contributed by atoms with E-state index >= 15 is 0 Å². The molecule has 2 rings (SSSR count). The summed E-state index contributed by atoms with van der Waals surface area (Å²) in [6.07, 6.45) is 1.13. The van der Waals surface area contributed by atoms with Crippen molar-refractivity contribution in [3.8, 4) is 11.5 Å². The number of methoxy groups -OCH3 is 1. The number of rotatable bonds is 10. The lowest BCUT2D eigenvalue weighted by Crippen LogP contribution is -2.39.